The summed E-state index contributed by atoms with van der Waals surface area (Å²) in [5.74, 6) is 0.657. The highest BCUT2D eigenvalue weighted by atomic mass is 35.5. The molecule has 2 fully saturated rings. The van der Waals surface area contributed by atoms with Gasteiger partial charge in [0.05, 0.1) is 19.8 Å². The third kappa shape index (κ3) is 4.46. The molecule has 0 aromatic carbocycles. The molecule has 2 aliphatic heterocycles. The second-order valence-electron chi connectivity index (χ2n) is 5.88. The van der Waals surface area contributed by atoms with Crippen molar-refractivity contribution in [2.45, 2.75) is 6.92 Å². The van der Waals surface area contributed by atoms with Gasteiger partial charge in [-0.1, -0.05) is 5.16 Å². The van der Waals surface area contributed by atoms with E-state index in [9.17, 15) is 9.59 Å². The number of hydrogen-bond donors (Lipinski definition) is 0. The monoisotopic (exact) mass is 358 g/mol. The molecule has 0 unspecified atom stereocenters. The fourth-order valence-electron chi connectivity index (χ4n) is 2.84. The van der Waals surface area contributed by atoms with Crippen LogP contribution in [0.1, 0.15) is 16.2 Å². The van der Waals surface area contributed by atoms with Gasteiger partial charge in [-0.05, 0) is 6.92 Å². The van der Waals surface area contributed by atoms with Crippen LogP contribution < -0.4 is 0 Å². The minimum Gasteiger partial charge on any atom is -0.378 e. The summed E-state index contributed by atoms with van der Waals surface area (Å²) in [5.41, 5.74) is 0.348. The molecule has 24 heavy (non-hydrogen) atoms. The largest absolute Gasteiger partial charge is 0.378 e. The summed E-state index contributed by atoms with van der Waals surface area (Å²) >= 11 is 0. The van der Waals surface area contributed by atoms with Crippen LogP contribution in [0.25, 0.3) is 0 Å². The Hall–Kier alpha value is -1.64. The molecule has 9 heteroatoms. The van der Waals surface area contributed by atoms with Gasteiger partial charge in [0.15, 0.2) is 5.69 Å². The zero-order valence-corrected chi connectivity index (χ0v) is 14.6. The van der Waals surface area contributed by atoms with Crippen LogP contribution in [0.15, 0.2) is 10.6 Å². The third-order valence-electron chi connectivity index (χ3n) is 4.23. The summed E-state index contributed by atoms with van der Waals surface area (Å²) in [6, 6.07) is 1.65. The van der Waals surface area contributed by atoms with Gasteiger partial charge in [-0.3, -0.25) is 14.5 Å². The SMILES string of the molecule is Cc1cc(C(=O)N2CCN(CC(=O)N3CCOCC3)CC2)no1.Cl. The molecule has 0 spiro atoms. The van der Waals surface area contributed by atoms with E-state index in [0.29, 0.717) is 70.5 Å². The lowest BCUT2D eigenvalue weighted by Crippen LogP contribution is -2.52. The van der Waals surface area contributed by atoms with Crippen molar-refractivity contribution in [2.24, 2.45) is 0 Å². The first-order valence-electron chi connectivity index (χ1n) is 7.94. The van der Waals surface area contributed by atoms with Gasteiger partial charge in [-0.25, -0.2) is 0 Å². The number of amides is 2. The predicted octanol–water partition coefficient (Wildman–Crippen LogP) is 0.0214. The Morgan fingerprint density at radius 1 is 1.08 bits per heavy atom. The summed E-state index contributed by atoms with van der Waals surface area (Å²) in [7, 11) is 0. The average molecular weight is 359 g/mol. The van der Waals surface area contributed by atoms with Crippen molar-refractivity contribution >= 4 is 24.2 Å². The molecule has 1 aromatic heterocycles. The Bertz CT molecular complexity index is 566. The molecule has 3 heterocycles. The Kier molecular flexibility index (Phi) is 6.59. The van der Waals surface area contributed by atoms with Gasteiger partial charge in [-0.2, -0.15) is 0 Å². The van der Waals surface area contributed by atoms with E-state index in [2.05, 4.69) is 10.1 Å². The Labute approximate surface area is 147 Å². The Morgan fingerprint density at radius 2 is 1.75 bits per heavy atom. The highest BCUT2D eigenvalue weighted by Crippen LogP contribution is 2.10. The summed E-state index contributed by atoms with van der Waals surface area (Å²) in [6.45, 7) is 7.32. The van der Waals surface area contributed by atoms with E-state index in [4.69, 9.17) is 9.26 Å². The van der Waals surface area contributed by atoms with Gasteiger partial charge in [0.1, 0.15) is 5.76 Å². The van der Waals surface area contributed by atoms with Gasteiger partial charge in [0.25, 0.3) is 5.91 Å². The van der Waals surface area contributed by atoms with Gasteiger partial charge in [-0.15, -0.1) is 12.4 Å². The van der Waals surface area contributed by atoms with Gasteiger partial charge in [0, 0.05) is 45.3 Å². The fourth-order valence-corrected chi connectivity index (χ4v) is 2.84. The van der Waals surface area contributed by atoms with Crippen LogP contribution in [0.4, 0.5) is 0 Å². The molecule has 0 aliphatic carbocycles. The lowest BCUT2D eigenvalue weighted by Gasteiger charge is -2.35. The minimum absolute atomic E-state index is 0. The van der Waals surface area contributed by atoms with Crippen LogP contribution in [-0.4, -0.2) is 90.7 Å². The molecule has 3 rings (SSSR count). The molecular formula is C15H23ClN4O4. The maximum atomic E-state index is 12.3. The van der Waals surface area contributed by atoms with Crippen molar-refractivity contribution in [1.82, 2.24) is 19.9 Å². The van der Waals surface area contributed by atoms with E-state index >= 15 is 0 Å². The molecule has 1 aromatic rings. The fraction of sp³-hybridized carbons (Fsp3) is 0.667. The van der Waals surface area contributed by atoms with Crippen LogP contribution in [0.5, 0.6) is 0 Å². The molecule has 0 N–H and O–H groups in total. The second kappa shape index (κ2) is 8.46. The maximum Gasteiger partial charge on any atom is 0.276 e. The van der Waals surface area contributed by atoms with Crippen LogP contribution in [-0.2, 0) is 9.53 Å². The summed E-state index contributed by atoms with van der Waals surface area (Å²) in [6.07, 6.45) is 0. The smallest absolute Gasteiger partial charge is 0.276 e. The standard InChI is InChI=1S/C15H22N4O4.ClH/c1-12-10-13(16-23-12)15(21)19-4-2-17(3-5-19)11-14(20)18-6-8-22-9-7-18;/h10H,2-9,11H2,1H3;1H. The topological polar surface area (TPSA) is 79.1 Å². The second-order valence-corrected chi connectivity index (χ2v) is 5.88. The first kappa shape index (κ1) is 18.7. The van der Waals surface area contributed by atoms with E-state index < -0.39 is 0 Å². The first-order valence-corrected chi connectivity index (χ1v) is 7.94. The van der Waals surface area contributed by atoms with E-state index in [1.165, 1.54) is 0 Å². The highest BCUT2D eigenvalue weighted by molar-refractivity contribution is 5.92. The van der Waals surface area contributed by atoms with Crippen molar-refractivity contribution in [2.75, 3.05) is 59.0 Å². The number of aromatic nitrogens is 1. The summed E-state index contributed by atoms with van der Waals surface area (Å²) in [5, 5.41) is 3.77. The number of morpholine rings is 1. The third-order valence-corrected chi connectivity index (χ3v) is 4.23. The van der Waals surface area contributed by atoms with E-state index in [1.54, 1.807) is 17.9 Å². The molecule has 0 atom stereocenters. The lowest BCUT2D eigenvalue weighted by atomic mass is 10.2. The molecule has 0 radical (unpaired) electrons. The molecule has 2 amide bonds. The molecule has 2 aliphatic rings. The number of ether oxygens (including phenoxy) is 1. The number of hydrogen-bond acceptors (Lipinski definition) is 6. The van der Waals surface area contributed by atoms with Crippen molar-refractivity contribution in [3.63, 3.8) is 0 Å². The normalized spacial score (nSPS) is 19.0. The van der Waals surface area contributed by atoms with Crippen molar-refractivity contribution in [1.29, 1.82) is 0 Å². The minimum atomic E-state index is -0.110. The quantitative estimate of drug-likeness (QED) is 0.758. The van der Waals surface area contributed by atoms with Crippen LogP contribution in [0.2, 0.25) is 0 Å². The van der Waals surface area contributed by atoms with Crippen molar-refractivity contribution in [3.05, 3.63) is 17.5 Å². The zero-order chi connectivity index (χ0) is 16.2. The van der Waals surface area contributed by atoms with Gasteiger partial charge < -0.3 is 19.1 Å². The van der Waals surface area contributed by atoms with E-state index in [0.717, 1.165) is 0 Å². The summed E-state index contributed by atoms with van der Waals surface area (Å²) < 4.78 is 10.2. The van der Waals surface area contributed by atoms with Crippen molar-refractivity contribution in [3.8, 4) is 0 Å². The van der Waals surface area contributed by atoms with E-state index in [-0.39, 0.29) is 24.2 Å². The number of carbonyl (C=O) groups is 2. The van der Waals surface area contributed by atoms with Crippen molar-refractivity contribution < 1.29 is 18.8 Å². The lowest BCUT2D eigenvalue weighted by molar-refractivity contribution is -0.136. The average Bonchev–Trinajstić information content (AvgIpc) is 3.02. The Morgan fingerprint density at radius 3 is 2.33 bits per heavy atom. The van der Waals surface area contributed by atoms with E-state index in [1.807, 2.05) is 4.90 Å². The maximum absolute atomic E-state index is 12.3. The van der Waals surface area contributed by atoms with Gasteiger partial charge in [0.2, 0.25) is 5.91 Å². The van der Waals surface area contributed by atoms with Gasteiger partial charge >= 0.3 is 0 Å². The Balaban J connectivity index is 0.00000208. The van der Waals surface area contributed by atoms with Crippen LogP contribution in [0.3, 0.4) is 0 Å². The number of carbonyl (C=O) groups excluding carboxylic acids is 2. The number of halogens is 1. The number of aryl methyl sites for hydroxylation is 1. The summed E-state index contributed by atoms with van der Waals surface area (Å²) in [4.78, 5) is 30.2. The molecule has 2 saturated heterocycles. The molecule has 0 bridgehead atoms. The van der Waals surface area contributed by atoms with Crippen LogP contribution >= 0.6 is 12.4 Å². The first-order chi connectivity index (χ1) is 11.1. The number of piperazine rings is 1. The predicted molar refractivity (Wildman–Crippen MR) is 88.2 cm³/mol. The molecule has 0 saturated carbocycles. The van der Waals surface area contributed by atoms with Crippen LogP contribution in [0, 0.1) is 6.92 Å². The zero-order valence-electron chi connectivity index (χ0n) is 13.8. The molecular weight excluding hydrogens is 336 g/mol. The molecule has 8 nitrogen and oxygen atoms in total. The number of nitrogens with zero attached hydrogens (tertiary/aromatic N) is 4. The number of rotatable bonds is 3. The molecule has 134 valence electrons. The highest BCUT2D eigenvalue weighted by Gasteiger charge is 2.26.